The van der Waals surface area contributed by atoms with E-state index in [4.69, 9.17) is 0 Å². The molecule has 0 aliphatic rings. The fourth-order valence-electron chi connectivity index (χ4n) is 2.08. The lowest BCUT2D eigenvalue weighted by Gasteiger charge is -1.96. The highest BCUT2D eigenvalue weighted by molar-refractivity contribution is 7.90. The first-order valence-electron chi connectivity index (χ1n) is 5.99. The van der Waals surface area contributed by atoms with E-state index < -0.39 is 9.84 Å². The van der Waals surface area contributed by atoms with Gasteiger partial charge in [-0.3, -0.25) is 0 Å². The second kappa shape index (κ2) is 4.39. The molecule has 0 amide bonds. The van der Waals surface area contributed by atoms with Crippen LogP contribution < -0.4 is 0 Å². The largest absolute Gasteiger partial charge is 0.337 e. The number of hydrogen-bond acceptors (Lipinski definition) is 5. The molecule has 3 aromatic rings. The third-order valence-corrected chi connectivity index (χ3v) is 5.19. The SMILES string of the molecule is Cc1nc(C)c(-c2nc3ccc(S(C)(=O)=O)cc3[nH]2)s1. The number of nitrogens with one attached hydrogen (secondary N) is 1. The molecule has 0 spiro atoms. The lowest BCUT2D eigenvalue weighted by molar-refractivity contribution is 0.602. The zero-order valence-corrected chi connectivity index (χ0v) is 12.9. The third-order valence-electron chi connectivity index (χ3n) is 3.00. The molecule has 7 heteroatoms. The Morgan fingerprint density at radius 3 is 2.55 bits per heavy atom. The molecule has 1 aromatic carbocycles. The Hall–Kier alpha value is -1.73. The van der Waals surface area contributed by atoms with Crippen LogP contribution in [0.3, 0.4) is 0 Å². The summed E-state index contributed by atoms with van der Waals surface area (Å²) in [5.74, 6) is 0.730. The molecule has 0 unspecified atom stereocenters. The van der Waals surface area contributed by atoms with Gasteiger partial charge >= 0.3 is 0 Å². The summed E-state index contributed by atoms with van der Waals surface area (Å²) in [5, 5.41) is 0.981. The van der Waals surface area contributed by atoms with E-state index in [1.54, 1.807) is 29.5 Å². The summed E-state index contributed by atoms with van der Waals surface area (Å²) in [6.07, 6.45) is 1.20. The Labute approximate surface area is 120 Å². The van der Waals surface area contributed by atoms with Crippen molar-refractivity contribution in [3.63, 3.8) is 0 Å². The van der Waals surface area contributed by atoms with Crippen molar-refractivity contribution in [1.29, 1.82) is 0 Å². The first-order chi connectivity index (χ1) is 9.34. The highest BCUT2D eigenvalue weighted by Crippen LogP contribution is 2.29. The van der Waals surface area contributed by atoms with Crippen molar-refractivity contribution in [1.82, 2.24) is 15.0 Å². The quantitative estimate of drug-likeness (QED) is 0.790. The Bertz CT molecular complexity index is 907. The van der Waals surface area contributed by atoms with E-state index in [9.17, 15) is 8.42 Å². The van der Waals surface area contributed by atoms with Crippen molar-refractivity contribution in [3.8, 4) is 10.7 Å². The molecule has 0 saturated carbocycles. The third kappa shape index (κ3) is 2.23. The summed E-state index contributed by atoms with van der Waals surface area (Å²) in [7, 11) is -3.21. The van der Waals surface area contributed by atoms with Crippen LogP contribution in [-0.2, 0) is 9.84 Å². The van der Waals surface area contributed by atoms with Crippen LogP contribution in [0.1, 0.15) is 10.7 Å². The lowest BCUT2D eigenvalue weighted by Crippen LogP contribution is -1.96. The number of imidazole rings is 1. The highest BCUT2D eigenvalue weighted by atomic mass is 32.2. The molecular weight excluding hydrogens is 294 g/mol. The highest BCUT2D eigenvalue weighted by Gasteiger charge is 2.14. The number of fused-ring (bicyclic) bond motifs is 1. The Morgan fingerprint density at radius 1 is 1.20 bits per heavy atom. The van der Waals surface area contributed by atoms with E-state index in [-0.39, 0.29) is 4.90 Å². The number of nitrogens with zero attached hydrogens (tertiary/aromatic N) is 2. The molecule has 0 fully saturated rings. The standard InChI is InChI=1S/C13H13N3O2S2/c1-7-12(19-8(2)14-7)13-15-10-5-4-9(20(3,17)18)6-11(10)16-13/h4-6H,1-3H3,(H,15,16). The molecule has 3 rings (SSSR count). The number of hydrogen-bond donors (Lipinski definition) is 1. The fraction of sp³-hybridized carbons (Fsp3) is 0.231. The first-order valence-corrected chi connectivity index (χ1v) is 8.69. The van der Waals surface area contributed by atoms with Crippen LogP contribution in [0.5, 0.6) is 0 Å². The molecule has 0 aliphatic heterocycles. The predicted molar refractivity (Wildman–Crippen MR) is 79.8 cm³/mol. The summed E-state index contributed by atoms with van der Waals surface area (Å²) in [4.78, 5) is 13.3. The lowest BCUT2D eigenvalue weighted by atomic mass is 10.3. The molecule has 1 N–H and O–H groups in total. The van der Waals surface area contributed by atoms with Gasteiger partial charge in [-0.05, 0) is 32.0 Å². The zero-order chi connectivity index (χ0) is 14.5. The molecule has 0 bridgehead atoms. The number of aromatic nitrogens is 3. The van der Waals surface area contributed by atoms with Crippen LogP contribution in [-0.4, -0.2) is 29.6 Å². The van der Waals surface area contributed by atoms with Crippen molar-refractivity contribution in [3.05, 3.63) is 28.9 Å². The molecule has 2 aromatic heterocycles. The van der Waals surface area contributed by atoms with E-state index in [0.29, 0.717) is 5.52 Å². The molecule has 20 heavy (non-hydrogen) atoms. The minimum absolute atomic E-state index is 0.289. The van der Waals surface area contributed by atoms with Crippen LogP contribution >= 0.6 is 11.3 Å². The Morgan fingerprint density at radius 2 is 1.95 bits per heavy atom. The van der Waals surface area contributed by atoms with Crippen molar-refractivity contribution < 1.29 is 8.42 Å². The van der Waals surface area contributed by atoms with Gasteiger partial charge in [0.25, 0.3) is 0 Å². The van der Waals surface area contributed by atoms with Crippen LogP contribution in [0.15, 0.2) is 23.1 Å². The van der Waals surface area contributed by atoms with E-state index in [0.717, 1.165) is 26.9 Å². The Balaban J connectivity index is 2.18. The minimum Gasteiger partial charge on any atom is -0.337 e. The normalized spacial score (nSPS) is 12.2. The van der Waals surface area contributed by atoms with Crippen LogP contribution in [0, 0.1) is 13.8 Å². The smallest absolute Gasteiger partial charge is 0.175 e. The average Bonchev–Trinajstić information content (AvgIpc) is 2.89. The van der Waals surface area contributed by atoms with Gasteiger partial charge in [-0.25, -0.2) is 18.4 Å². The number of aromatic amines is 1. The monoisotopic (exact) mass is 307 g/mol. The van der Waals surface area contributed by atoms with E-state index >= 15 is 0 Å². The van der Waals surface area contributed by atoms with Gasteiger partial charge in [0.15, 0.2) is 15.7 Å². The number of H-pyrrole nitrogens is 1. The van der Waals surface area contributed by atoms with Crippen molar-refractivity contribution >= 4 is 32.2 Å². The number of thiazole rings is 1. The van der Waals surface area contributed by atoms with Gasteiger partial charge in [0.2, 0.25) is 0 Å². The topological polar surface area (TPSA) is 75.7 Å². The van der Waals surface area contributed by atoms with Gasteiger partial charge < -0.3 is 4.98 Å². The summed E-state index contributed by atoms with van der Waals surface area (Å²) in [6, 6.07) is 4.91. The molecule has 0 saturated heterocycles. The second-order valence-corrected chi connectivity index (χ2v) is 7.90. The fourth-order valence-corrected chi connectivity index (χ4v) is 3.59. The summed E-state index contributed by atoms with van der Waals surface area (Å²) in [5.41, 5.74) is 2.39. The van der Waals surface area contributed by atoms with Gasteiger partial charge in [0.05, 0.1) is 31.5 Å². The molecule has 104 valence electrons. The van der Waals surface area contributed by atoms with Crippen molar-refractivity contribution in [2.75, 3.05) is 6.26 Å². The van der Waals surface area contributed by atoms with Crippen molar-refractivity contribution in [2.24, 2.45) is 0 Å². The molecule has 0 atom stereocenters. The maximum Gasteiger partial charge on any atom is 0.175 e. The molecular formula is C13H13N3O2S2. The van der Waals surface area contributed by atoms with E-state index in [1.807, 2.05) is 13.8 Å². The first kappa shape index (κ1) is 13.3. The molecule has 0 radical (unpaired) electrons. The number of rotatable bonds is 2. The minimum atomic E-state index is -3.21. The van der Waals surface area contributed by atoms with Gasteiger partial charge in [0, 0.05) is 6.26 Å². The molecule has 2 heterocycles. The summed E-state index contributed by atoms with van der Waals surface area (Å²) in [6.45, 7) is 3.89. The van der Waals surface area contributed by atoms with Gasteiger partial charge in [-0.15, -0.1) is 11.3 Å². The van der Waals surface area contributed by atoms with Crippen LogP contribution in [0.2, 0.25) is 0 Å². The number of benzene rings is 1. The van der Waals surface area contributed by atoms with Gasteiger partial charge in [-0.1, -0.05) is 0 Å². The molecule has 0 aliphatic carbocycles. The maximum absolute atomic E-state index is 11.6. The van der Waals surface area contributed by atoms with Crippen LogP contribution in [0.4, 0.5) is 0 Å². The van der Waals surface area contributed by atoms with E-state index in [1.165, 1.54) is 6.26 Å². The molecule has 5 nitrogen and oxygen atoms in total. The number of aryl methyl sites for hydroxylation is 2. The average molecular weight is 307 g/mol. The predicted octanol–water partition coefficient (Wildman–Crippen LogP) is 2.71. The van der Waals surface area contributed by atoms with Gasteiger partial charge in [0.1, 0.15) is 0 Å². The van der Waals surface area contributed by atoms with Crippen molar-refractivity contribution in [2.45, 2.75) is 18.7 Å². The van der Waals surface area contributed by atoms with E-state index in [2.05, 4.69) is 15.0 Å². The Kier molecular flexibility index (Phi) is 2.91. The maximum atomic E-state index is 11.6. The zero-order valence-electron chi connectivity index (χ0n) is 11.3. The van der Waals surface area contributed by atoms with Gasteiger partial charge in [-0.2, -0.15) is 0 Å². The summed E-state index contributed by atoms with van der Waals surface area (Å²) >= 11 is 1.57. The number of sulfone groups is 1. The second-order valence-electron chi connectivity index (χ2n) is 4.68. The summed E-state index contributed by atoms with van der Waals surface area (Å²) < 4.78 is 23.1. The van der Waals surface area contributed by atoms with Crippen LogP contribution in [0.25, 0.3) is 21.7 Å².